The molecule has 0 fully saturated rings. The largest absolute Gasteiger partial charge is 0.463 e. The Morgan fingerprint density at radius 3 is 3.08 bits per heavy atom. The first-order valence-electron chi connectivity index (χ1n) is 3.84. The maximum absolute atomic E-state index is 10.6. The van der Waals surface area contributed by atoms with Crippen LogP contribution < -0.4 is 0 Å². The van der Waals surface area contributed by atoms with Crippen LogP contribution in [0.25, 0.3) is 11.5 Å². The van der Waals surface area contributed by atoms with Gasteiger partial charge in [-0.05, 0) is 12.1 Å². The normalized spacial score (nSPS) is 10.2. The number of furan rings is 1. The standard InChI is InChI=1S/C9H8N2O2/c1-11-9(7(6-12)5-10-11)8-3-2-4-13-8/h2-6H,1H3. The number of rotatable bonds is 2. The van der Waals surface area contributed by atoms with Crippen LogP contribution >= 0.6 is 0 Å². The summed E-state index contributed by atoms with van der Waals surface area (Å²) < 4.78 is 6.80. The highest BCUT2D eigenvalue weighted by Gasteiger charge is 2.11. The van der Waals surface area contributed by atoms with Crippen LogP contribution in [0.5, 0.6) is 0 Å². The summed E-state index contributed by atoms with van der Waals surface area (Å²) in [5.41, 5.74) is 1.25. The lowest BCUT2D eigenvalue weighted by molar-refractivity contribution is 0.112. The molecule has 13 heavy (non-hydrogen) atoms. The van der Waals surface area contributed by atoms with Crippen LogP contribution in [0.4, 0.5) is 0 Å². The highest BCUT2D eigenvalue weighted by Crippen LogP contribution is 2.21. The number of hydrogen-bond acceptors (Lipinski definition) is 3. The topological polar surface area (TPSA) is 48.0 Å². The molecule has 0 radical (unpaired) electrons. The van der Waals surface area contributed by atoms with E-state index in [1.165, 1.54) is 6.20 Å². The minimum Gasteiger partial charge on any atom is -0.463 e. The third kappa shape index (κ3) is 1.16. The second-order valence-electron chi connectivity index (χ2n) is 2.67. The van der Waals surface area contributed by atoms with Gasteiger partial charge >= 0.3 is 0 Å². The zero-order valence-electron chi connectivity index (χ0n) is 7.10. The highest BCUT2D eigenvalue weighted by molar-refractivity contribution is 5.84. The molecule has 4 heteroatoms. The lowest BCUT2D eigenvalue weighted by atomic mass is 10.2. The van der Waals surface area contributed by atoms with Gasteiger partial charge in [0.1, 0.15) is 5.69 Å². The van der Waals surface area contributed by atoms with Gasteiger partial charge in [-0.25, -0.2) is 0 Å². The zero-order valence-corrected chi connectivity index (χ0v) is 7.10. The first kappa shape index (κ1) is 7.79. The average Bonchev–Trinajstić information content (AvgIpc) is 2.72. The summed E-state index contributed by atoms with van der Waals surface area (Å²) >= 11 is 0. The Hall–Kier alpha value is -1.84. The molecule has 0 atom stereocenters. The van der Waals surface area contributed by atoms with Crippen molar-refractivity contribution in [3.8, 4) is 11.5 Å². The molecule has 2 heterocycles. The van der Waals surface area contributed by atoms with E-state index in [1.807, 2.05) is 0 Å². The molecule has 0 saturated heterocycles. The maximum Gasteiger partial charge on any atom is 0.153 e. The van der Waals surface area contributed by atoms with Crippen LogP contribution in [0.3, 0.4) is 0 Å². The Balaban J connectivity index is 2.62. The second kappa shape index (κ2) is 2.90. The summed E-state index contributed by atoms with van der Waals surface area (Å²) in [4.78, 5) is 10.6. The smallest absolute Gasteiger partial charge is 0.153 e. The van der Waals surface area contributed by atoms with E-state index >= 15 is 0 Å². The molecular formula is C9H8N2O2. The third-order valence-corrected chi connectivity index (χ3v) is 1.85. The molecule has 0 bridgehead atoms. The van der Waals surface area contributed by atoms with Gasteiger partial charge < -0.3 is 4.42 Å². The van der Waals surface area contributed by atoms with E-state index in [1.54, 1.807) is 30.1 Å². The van der Waals surface area contributed by atoms with Crippen molar-refractivity contribution in [2.24, 2.45) is 7.05 Å². The van der Waals surface area contributed by atoms with Gasteiger partial charge in [-0.2, -0.15) is 5.10 Å². The minimum absolute atomic E-state index is 0.539. The summed E-state index contributed by atoms with van der Waals surface area (Å²) in [6, 6.07) is 3.57. The number of carbonyl (C=O) groups is 1. The van der Waals surface area contributed by atoms with Crippen LogP contribution in [-0.4, -0.2) is 16.1 Å². The molecule has 2 aromatic heterocycles. The van der Waals surface area contributed by atoms with E-state index in [0.717, 1.165) is 6.29 Å². The molecule has 0 aliphatic carbocycles. The number of aromatic nitrogens is 2. The minimum atomic E-state index is 0.539. The van der Waals surface area contributed by atoms with Gasteiger partial charge in [-0.15, -0.1) is 0 Å². The van der Waals surface area contributed by atoms with E-state index in [2.05, 4.69) is 5.10 Å². The van der Waals surface area contributed by atoms with E-state index in [9.17, 15) is 4.79 Å². The molecule has 2 rings (SSSR count). The van der Waals surface area contributed by atoms with Gasteiger partial charge in [0.05, 0.1) is 18.0 Å². The lowest BCUT2D eigenvalue weighted by Crippen LogP contribution is -1.93. The number of aldehydes is 1. The van der Waals surface area contributed by atoms with Gasteiger partial charge in [0.2, 0.25) is 0 Å². The monoisotopic (exact) mass is 176 g/mol. The molecule has 0 aliphatic rings. The Morgan fingerprint density at radius 1 is 1.62 bits per heavy atom. The maximum atomic E-state index is 10.6. The molecule has 0 aliphatic heterocycles. The average molecular weight is 176 g/mol. The van der Waals surface area contributed by atoms with Crippen molar-refractivity contribution < 1.29 is 9.21 Å². The van der Waals surface area contributed by atoms with E-state index < -0.39 is 0 Å². The molecule has 0 aromatic carbocycles. The van der Waals surface area contributed by atoms with Gasteiger partial charge in [0, 0.05) is 7.05 Å². The highest BCUT2D eigenvalue weighted by atomic mass is 16.3. The SMILES string of the molecule is Cn1ncc(C=O)c1-c1ccco1. The van der Waals surface area contributed by atoms with E-state index in [4.69, 9.17) is 4.42 Å². The number of carbonyl (C=O) groups excluding carboxylic acids is 1. The van der Waals surface area contributed by atoms with Crippen molar-refractivity contribution >= 4 is 6.29 Å². The Bertz CT molecular complexity index is 415. The zero-order chi connectivity index (χ0) is 9.26. The molecule has 4 nitrogen and oxygen atoms in total. The summed E-state index contributed by atoms with van der Waals surface area (Å²) in [6.45, 7) is 0. The second-order valence-corrected chi connectivity index (χ2v) is 2.67. The first-order valence-corrected chi connectivity index (χ1v) is 3.84. The van der Waals surface area contributed by atoms with E-state index in [0.29, 0.717) is 17.0 Å². The summed E-state index contributed by atoms with van der Waals surface area (Å²) in [5.74, 6) is 0.655. The Kier molecular flexibility index (Phi) is 1.73. The fourth-order valence-electron chi connectivity index (χ4n) is 1.26. The molecule has 0 amide bonds. The van der Waals surface area contributed by atoms with Crippen LogP contribution in [-0.2, 0) is 7.05 Å². The summed E-state index contributed by atoms with van der Waals surface area (Å²) in [6.07, 6.45) is 3.85. The van der Waals surface area contributed by atoms with Crippen LogP contribution in [0, 0.1) is 0 Å². The molecular weight excluding hydrogens is 168 g/mol. The van der Waals surface area contributed by atoms with Gasteiger partial charge in [-0.3, -0.25) is 9.48 Å². The van der Waals surface area contributed by atoms with Crippen molar-refractivity contribution in [2.75, 3.05) is 0 Å². The quantitative estimate of drug-likeness (QED) is 0.651. The number of aryl methyl sites for hydroxylation is 1. The molecule has 66 valence electrons. The number of nitrogens with zero attached hydrogens (tertiary/aromatic N) is 2. The van der Waals surface area contributed by atoms with E-state index in [-0.39, 0.29) is 0 Å². The lowest BCUT2D eigenvalue weighted by Gasteiger charge is -1.97. The molecule has 0 N–H and O–H groups in total. The summed E-state index contributed by atoms with van der Waals surface area (Å²) in [7, 11) is 1.77. The molecule has 0 unspecified atom stereocenters. The van der Waals surface area contributed by atoms with Gasteiger partial charge in [-0.1, -0.05) is 0 Å². The van der Waals surface area contributed by atoms with Crippen molar-refractivity contribution in [2.45, 2.75) is 0 Å². The van der Waals surface area contributed by atoms with Crippen LogP contribution in [0.1, 0.15) is 10.4 Å². The van der Waals surface area contributed by atoms with Crippen molar-refractivity contribution in [1.82, 2.24) is 9.78 Å². The molecule has 0 spiro atoms. The van der Waals surface area contributed by atoms with Crippen LogP contribution in [0.15, 0.2) is 29.0 Å². The third-order valence-electron chi connectivity index (χ3n) is 1.85. The summed E-state index contributed by atoms with van der Waals surface area (Å²) in [5, 5.41) is 3.97. The van der Waals surface area contributed by atoms with Gasteiger partial charge in [0.15, 0.2) is 12.0 Å². The number of hydrogen-bond donors (Lipinski definition) is 0. The Labute approximate surface area is 74.8 Å². The first-order chi connectivity index (χ1) is 6.33. The molecule has 0 saturated carbocycles. The van der Waals surface area contributed by atoms with Crippen molar-refractivity contribution in [3.63, 3.8) is 0 Å². The molecule has 2 aromatic rings. The fraction of sp³-hybridized carbons (Fsp3) is 0.111. The van der Waals surface area contributed by atoms with Crippen molar-refractivity contribution in [1.29, 1.82) is 0 Å². The Morgan fingerprint density at radius 2 is 2.46 bits per heavy atom. The van der Waals surface area contributed by atoms with Crippen LogP contribution in [0.2, 0.25) is 0 Å². The fourth-order valence-corrected chi connectivity index (χ4v) is 1.26. The predicted molar refractivity (Wildman–Crippen MR) is 46.3 cm³/mol. The van der Waals surface area contributed by atoms with Gasteiger partial charge in [0.25, 0.3) is 0 Å². The van der Waals surface area contributed by atoms with Crippen molar-refractivity contribution in [3.05, 3.63) is 30.2 Å². The predicted octanol–water partition coefficient (Wildman–Crippen LogP) is 1.49.